The van der Waals surface area contributed by atoms with Crippen molar-refractivity contribution >= 4 is 11.9 Å². The Bertz CT molecular complexity index is 773. The molecule has 1 atom stereocenters. The first-order chi connectivity index (χ1) is 12.6. The number of carbonyl (C=O) groups is 2. The zero-order valence-electron chi connectivity index (χ0n) is 14.9. The summed E-state index contributed by atoms with van der Waals surface area (Å²) in [6, 6.07) is 15.3. The number of fused-ring (bicyclic) bond motifs is 1. The predicted molar refractivity (Wildman–Crippen MR) is 97.9 cm³/mol. The first-order valence-electron chi connectivity index (χ1n) is 8.86. The summed E-state index contributed by atoms with van der Waals surface area (Å²) < 4.78 is 10.4. The quantitative estimate of drug-likeness (QED) is 0.777. The zero-order valence-corrected chi connectivity index (χ0v) is 14.9. The fraction of sp³-hybridized carbons (Fsp3) is 0.333. The molecule has 5 nitrogen and oxygen atoms in total. The number of benzene rings is 2. The van der Waals surface area contributed by atoms with Crippen LogP contribution in [0.4, 0.5) is 0 Å². The van der Waals surface area contributed by atoms with Crippen molar-refractivity contribution in [3.8, 4) is 5.75 Å². The summed E-state index contributed by atoms with van der Waals surface area (Å²) in [5.41, 5.74) is 3.63. The monoisotopic (exact) mass is 353 g/mol. The van der Waals surface area contributed by atoms with E-state index in [1.165, 1.54) is 11.1 Å². The molecule has 0 spiro atoms. The van der Waals surface area contributed by atoms with E-state index in [4.69, 9.17) is 9.47 Å². The fourth-order valence-corrected chi connectivity index (χ4v) is 3.08. The van der Waals surface area contributed by atoms with Gasteiger partial charge in [-0.3, -0.25) is 4.79 Å². The molecule has 0 aliphatic heterocycles. The van der Waals surface area contributed by atoms with Crippen molar-refractivity contribution in [1.29, 1.82) is 0 Å². The highest BCUT2D eigenvalue weighted by Crippen LogP contribution is 2.25. The molecule has 0 saturated heterocycles. The summed E-state index contributed by atoms with van der Waals surface area (Å²) in [4.78, 5) is 23.7. The van der Waals surface area contributed by atoms with Gasteiger partial charge in [0.2, 0.25) is 0 Å². The third kappa shape index (κ3) is 4.85. The summed E-state index contributed by atoms with van der Waals surface area (Å²) in [6.45, 7) is 1.36. The predicted octanol–water partition coefficient (Wildman–Crippen LogP) is 2.97. The maximum absolute atomic E-state index is 11.9. The van der Waals surface area contributed by atoms with Crippen LogP contribution in [0.5, 0.6) is 5.75 Å². The van der Waals surface area contributed by atoms with E-state index in [0.717, 1.165) is 24.8 Å². The Hall–Kier alpha value is -2.82. The van der Waals surface area contributed by atoms with Crippen LogP contribution in [0.3, 0.4) is 0 Å². The van der Waals surface area contributed by atoms with Crippen LogP contribution in [-0.2, 0) is 27.2 Å². The van der Waals surface area contributed by atoms with Gasteiger partial charge in [0.25, 0.3) is 5.91 Å². The lowest BCUT2D eigenvalue weighted by molar-refractivity contribution is -0.150. The van der Waals surface area contributed by atoms with E-state index in [9.17, 15) is 9.59 Å². The number of esters is 1. The van der Waals surface area contributed by atoms with Crippen molar-refractivity contribution in [3.05, 3.63) is 65.2 Å². The Morgan fingerprint density at radius 3 is 2.62 bits per heavy atom. The van der Waals surface area contributed by atoms with Crippen LogP contribution in [0.2, 0.25) is 0 Å². The van der Waals surface area contributed by atoms with Crippen LogP contribution in [-0.4, -0.2) is 25.1 Å². The van der Waals surface area contributed by atoms with Crippen molar-refractivity contribution in [2.24, 2.45) is 0 Å². The summed E-state index contributed by atoms with van der Waals surface area (Å²) in [5, 5.41) is 2.80. The molecule has 0 saturated carbocycles. The smallest absolute Gasteiger partial charge is 0.344 e. The molecule has 1 aliphatic carbocycles. The molecule has 0 heterocycles. The van der Waals surface area contributed by atoms with Crippen molar-refractivity contribution < 1.29 is 19.1 Å². The Morgan fingerprint density at radius 1 is 1.04 bits per heavy atom. The third-order valence-electron chi connectivity index (χ3n) is 4.47. The second-order valence-corrected chi connectivity index (χ2v) is 6.43. The van der Waals surface area contributed by atoms with Crippen molar-refractivity contribution in [1.82, 2.24) is 5.32 Å². The van der Waals surface area contributed by atoms with Gasteiger partial charge in [0.15, 0.2) is 13.2 Å². The number of carbonyl (C=O) groups excluding carboxylic acids is 2. The van der Waals surface area contributed by atoms with Crippen molar-refractivity contribution in [3.63, 3.8) is 0 Å². The van der Waals surface area contributed by atoms with Gasteiger partial charge in [-0.05, 0) is 55.0 Å². The number of nitrogens with one attached hydrogen (secondary N) is 1. The number of hydrogen-bond donors (Lipinski definition) is 1. The van der Waals surface area contributed by atoms with Gasteiger partial charge < -0.3 is 14.8 Å². The Morgan fingerprint density at radius 2 is 1.81 bits per heavy atom. The zero-order chi connectivity index (χ0) is 18.4. The molecule has 0 bridgehead atoms. The maximum atomic E-state index is 11.9. The van der Waals surface area contributed by atoms with Crippen LogP contribution in [0.1, 0.15) is 36.1 Å². The topological polar surface area (TPSA) is 64.6 Å². The Labute approximate surface area is 153 Å². The molecule has 3 rings (SSSR count). The highest BCUT2D eigenvalue weighted by atomic mass is 16.6. The third-order valence-corrected chi connectivity index (χ3v) is 4.47. The normalized spacial score (nSPS) is 13.6. The van der Waals surface area contributed by atoms with Gasteiger partial charge in [0.1, 0.15) is 5.75 Å². The molecule has 2 aromatic rings. The van der Waals surface area contributed by atoms with Gasteiger partial charge >= 0.3 is 5.97 Å². The fourth-order valence-electron chi connectivity index (χ4n) is 3.08. The molecular formula is C21H23NO4. The minimum Gasteiger partial charge on any atom is -0.482 e. The molecule has 1 aliphatic rings. The summed E-state index contributed by atoms with van der Waals surface area (Å²) in [7, 11) is 0. The molecule has 0 radical (unpaired) electrons. The molecule has 1 N–H and O–H groups in total. The maximum Gasteiger partial charge on any atom is 0.344 e. The van der Waals surface area contributed by atoms with E-state index in [1.54, 1.807) is 0 Å². The first kappa shape index (κ1) is 18.0. The van der Waals surface area contributed by atoms with Gasteiger partial charge in [0, 0.05) is 0 Å². The molecule has 136 valence electrons. The summed E-state index contributed by atoms with van der Waals surface area (Å²) >= 11 is 0. The number of ether oxygens (including phenoxy) is 2. The lowest BCUT2D eigenvalue weighted by Gasteiger charge is -2.14. The standard InChI is InChI=1S/C21H23NO4/c1-15(16-6-3-2-4-7-16)22-20(23)13-26-21(24)14-25-19-11-10-17-8-5-9-18(17)12-19/h2-4,6-7,10-12,15H,5,8-9,13-14H2,1H3,(H,22,23)/t15-/m1/s1. The SMILES string of the molecule is C[C@@H](NC(=O)COC(=O)COc1ccc2c(c1)CCC2)c1ccccc1. The van der Waals surface area contributed by atoms with Crippen molar-refractivity contribution in [2.75, 3.05) is 13.2 Å². The second-order valence-electron chi connectivity index (χ2n) is 6.43. The largest absolute Gasteiger partial charge is 0.482 e. The van der Waals surface area contributed by atoms with Crippen LogP contribution in [0, 0.1) is 0 Å². The van der Waals surface area contributed by atoms with Crippen molar-refractivity contribution in [2.45, 2.75) is 32.2 Å². The van der Waals surface area contributed by atoms with Crippen LogP contribution in [0.15, 0.2) is 48.5 Å². The molecule has 0 unspecified atom stereocenters. The molecular weight excluding hydrogens is 330 g/mol. The molecule has 26 heavy (non-hydrogen) atoms. The number of rotatable bonds is 7. The Kier molecular flexibility index (Phi) is 5.89. The summed E-state index contributed by atoms with van der Waals surface area (Å²) in [6.07, 6.45) is 3.32. The highest BCUT2D eigenvalue weighted by molar-refractivity contribution is 5.81. The molecule has 1 amide bonds. The average molecular weight is 353 g/mol. The lowest BCUT2D eigenvalue weighted by Crippen LogP contribution is -2.31. The van der Waals surface area contributed by atoms with Gasteiger partial charge in [-0.15, -0.1) is 0 Å². The second kappa shape index (κ2) is 8.52. The van der Waals surface area contributed by atoms with Crippen LogP contribution in [0.25, 0.3) is 0 Å². The van der Waals surface area contributed by atoms with E-state index < -0.39 is 5.97 Å². The lowest BCUT2D eigenvalue weighted by atomic mass is 10.1. The summed E-state index contributed by atoms with van der Waals surface area (Å²) in [5.74, 6) is -0.245. The van der Waals surface area contributed by atoms with Crippen LogP contribution >= 0.6 is 0 Å². The van der Waals surface area contributed by atoms with Gasteiger partial charge in [-0.2, -0.15) is 0 Å². The minimum absolute atomic E-state index is 0.148. The molecule has 5 heteroatoms. The Balaban J connectivity index is 1.39. The van der Waals surface area contributed by atoms with E-state index in [2.05, 4.69) is 5.32 Å². The molecule has 2 aromatic carbocycles. The molecule has 0 aromatic heterocycles. The molecule has 0 fully saturated rings. The van der Waals surface area contributed by atoms with E-state index in [0.29, 0.717) is 5.75 Å². The van der Waals surface area contributed by atoms with Gasteiger partial charge in [0.05, 0.1) is 6.04 Å². The van der Waals surface area contributed by atoms with E-state index in [1.807, 2.05) is 55.5 Å². The van der Waals surface area contributed by atoms with E-state index in [-0.39, 0.29) is 25.2 Å². The number of hydrogen-bond acceptors (Lipinski definition) is 4. The van der Waals surface area contributed by atoms with Gasteiger partial charge in [-0.1, -0.05) is 36.4 Å². The highest BCUT2D eigenvalue weighted by Gasteiger charge is 2.14. The minimum atomic E-state index is -0.562. The first-order valence-corrected chi connectivity index (χ1v) is 8.86. The van der Waals surface area contributed by atoms with E-state index >= 15 is 0 Å². The van der Waals surface area contributed by atoms with Gasteiger partial charge in [-0.25, -0.2) is 4.79 Å². The average Bonchev–Trinajstić information content (AvgIpc) is 3.13. The number of amides is 1. The number of aryl methyl sites for hydroxylation is 2. The van der Waals surface area contributed by atoms with Crippen LogP contribution < -0.4 is 10.1 Å².